The minimum Gasteiger partial charge on any atom is -0.336 e. The third kappa shape index (κ3) is 3.12. The number of rotatable bonds is 3. The Balaban J connectivity index is 1.74. The van der Waals surface area contributed by atoms with E-state index >= 15 is 0 Å². The zero-order chi connectivity index (χ0) is 19.2. The minimum atomic E-state index is -0.386. The molecule has 2 N–H and O–H groups in total. The van der Waals surface area contributed by atoms with Gasteiger partial charge in [0.05, 0.1) is 5.56 Å². The number of fused-ring (bicyclic) bond motifs is 1. The first-order valence-electron chi connectivity index (χ1n) is 8.21. The zero-order valence-electron chi connectivity index (χ0n) is 15.0. The van der Waals surface area contributed by atoms with E-state index in [1.54, 1.807) is 30.3 Å². The van der Waals surface area contributed by atoms with Gasteiger partial charge in [0.15, 0.2) is 17.3 Å². The Bertz CT molecular complexity index is 1130. The molecule has 0 amide bonds. The van der Waals surface area contributed by atoms with Crippen LogP contribution in [0.4, 0.5) is 4.39 Å². The summed E-state index contributed by atoms with van der Waals surface area (Å²) >= 11 is 1.26. The summed E-state index contributed by atoms with van der Waals surface area (Å²) in [7, 11) is 0. The summed E-state index contributed by atoms with van der Waals surface area (Å²) in [6.45, 7) is 6.03. The smallest absolute Gasteiger partial charge is 0.216 e. The van der Waals surface area contributed by atoms with Gasteiger partial charge in [0.1, 0.15) is 10.8 Å². The van der Waals surface area contributed by atoms with Gasteiger partial charge in [-0.15, -0.1) is 20.4 Å². The highest BCUT2D eigenvalue weighted by atomic mass is 32.2. The van der Waals surface area contributed by atoms with Crippen LogP contribution in [0.25, 0.3) is 17.0 Å². The van der Waals surface area contributed by atoms with Crippen LogP contribution in [0.15, 0.2) is 46.6 Å². The second-order valence-electron chi connectivity index (χ2n) is 6.97. The Morgan fingerprint density at radius 2 is 1.78 bits per heavy atom. The van der Waals surface area contributed by atoms with E-state index in [0.717, 1.165) is 0 Å². The fourth-order valence-electron chi connectivity index (χ4n) is 2.59. The Morgan fingerprint density at radius 1 is 1.00 bits per heavy atom. The number of aromatic nitrogens is 7. The van der Waals surface area contributed by atoms with E-state index in [1.165, 1.54) is 27.0 Å². The average Bonchev–Trinajstić information content (AvgIpc) is 3.19. The molecule has 0 aliphatic heterocycles. The molecule has 4 rings (SSSR count). The van der Waals surface area contributed by atoms with Crippen molar-refractivity contribution >= 4 is 17.4 Å². The highest BCUT2D eigenvalue weighted by Crippen LogP contribution is 2.28. The second kappa shape index (κ2) is 6.31. The van der Waals surface area contributed by atoms with Crippen molar-refractivity contribution in [1.82, 2.24) is 34.7 Å². The van der Waals surface area contributed by atoms with Crippen molar-refractivity contribution in [3.63, 3.8) is 0 Å². The lowest BCUT2D eigenvalue weighted by molar-refractivity contribution is 0.523. The largest absolute Gasteiger partial charge is 0.336 e. The molecular weight excluding hydrogens is 367 g/mol. The first-order chi connectivity index (χ1) is 12.8. The van der Waals surface area contributed by atoms with E-state index in [4.69, 9.17) is 5.84 Å². The topological polar surface area (TPSA) is 99.8 Å². The third-order valence-corrected chi connectivity index (χ3v) is 4.77. The van der Waals surface area contributed by atoms with Crippen LogP contribution in [0.1, 0.15) is 26.6 Å². The van der Waals surface area contributed by atoms with E-state index in [9.17, 15) is 4.39 Å². The molecule has 4 aromatic rings. The summed E-state index contributed by atoms with van der Waals surface area (Å²) in [5.74, 6) is 6.74. The molecule has 1 aromatic carbocycles. The molecule has 3 heterocycles. The maximum absolute atomic E-state index is 14.1. The number of nitrogens with two attached hydrogens (primary N) is 1. The highest BCUT2D eigenvalue weighted by Gasteiger charge is 2.23. The summed E-state index contributed by atoms with van der Waals surface area (Å²) in [6.07, 6.45) is 0. The van der Waals surface area contributed by atoms with E-state index in [-0.39, 0.29) is 11.2 Å². The Morgan fingerprint density at radius 3 is 2.48 bits per heavy atom. The van der Waals surface area contributed by atoms with Crippen LogP contribution < -0.4 is 5.84 Å². The predicted molar refractivity (Wildman–Crippen MR) is 99.2 cm³/mol. The molecule has 0 saturated carbocycles. The number of hydrogen-bond donors (Lipinski definition) is 1. The van der Waals surface area contributed by atoms with Crippen LogP contribution in [-0.4, -0.2) is 34.7 Å². The van der Waals surface area contributed by atoms with Gasteiger partial charge in [-0.3, -0.25) is 0 Å². The van der Waals surface area contributed by atoms with E-state index in [1.807, 2.05) is 20.8 Å². The molecule has 3 aromatic heterocycles. The van der Waals surface area contributed by atoms with Crippen LogP contribution in [0.3, 0.4) is 0 Å². The molecule has 8 nitrogen and oxygen atoms in total. The Hall–Kier alpha value is -3.01. The van der Waals surface area contributed by atoms with Crippen LogP contribution >= 0.6 is 11.8 Å². The normalized spacial score (nSPS) is 12.0. The fraction of sp³-hybridized carbons (Fsp3) is 0.235. The van der Waals surface area contributed by atoms with Crippen molar-refractivity contribution in [2.75, 3.05) is 5.84 Å². The van der Waals surface area contributed by atoms with Crippen molar-refractivity contribution in [3.8, 4) is 11.4 Å². The molecule has 0 unspecified atom stereocenters. The molecule has 0 spiro atoms. The molecule has 0 aliphatic rings. The van der Waals surface area contributed by atoms with Gasteiger partial charge in [0, 0.05) is 5.41 Å². The molecule has 0 aliphatic carbocycles. The third-order valence-electron chi connectivity index (χ3n) is 3.88. The van der Waals surface area contributed by atoms with E-state index < -0.39 is 0 Å². The summed E-state index contributed by atoms with van der Waals surface area (Å²) in [4.78, 5) is 0. The maximum atomic E-state index is 14.1. The zero-order valence-corrected chi connectivity index (χ0v) is 15.8. The van der Waals surface area contributed by atoms with Crippen molar-refractivity contribution in [3.05, 3.63) is 48.0 Å². The summed E-state index contributed by atoms with van der Waals surface area (Å²) < 4.78 is 17.1. The van der Waals surface area contributed by atoms with Crippen molar-refractivity contribution in [2.45, 2.75) is 36.4 Å². The van der Waals surface area contributed by atoms with Crippen molar-refractivity contribution < 1.29 is 4.39 Å². The van der Waals surface area contributed by atoms with Crippen molar-refractivity contribution in [1.29, 1.82) is 0 Å². The van der Waals surface area contributed by atoms with Crippen LogP contribution in [0.2, 0.25) is 0 Å². The Labute approximate surface area is 158 Å². The molecule has 27 heavy (non-hydrogen) atoms. The number of hydrogen-bond acceptors (Lipinski definition) is 7. The lowest BCUT2D eigenvalue weighted by Crippen LogP contribution is -2.24. The van der Waals surface area contributed by atoms with Gasteiger partial charge in [-0.1, -0.05) is 32.9 Å². The lowest BCUT2D eigenvalue weighted by atomic mass is 9.96. The van der Waals surface area contributed by atoms with Gasteiger partial charge in [-0.2, -0.15) is 9.61 Å². The van der Waals surface area contributed by atoms with E-state index in [2.05, 4.69) is 25.5 Å². The number of nitrogens with zero attached hydrogens (tertiary/aromatic N) is 7. The highest BCUT2D eigenvalue weighted by molar-refractivity contribution is 7.99. The molecule has 0 atom stereocenters. The Kier molecular flexibility index (Phi) is 4.06. The molecule has 0 bridgehead atoms. The van der Waals surface area contributed by atoms with Gasteiger partial charge < -0.3 is 5.84 Å². The quantitative estimate of drug-likeness (QED) is 0.542. The fourth-order valence-corrected chi connectivity index (χ4v) is 3.30. The molecule has 0 radical (unpaired) electrons. The summed E-state index contributed by atoms with van der Waals surface area (Å²) in [5.41, 5.74) is 0.614. The van der Waals surface area contributed by atoms with E-state index in [0.29, 0.717) is 33.0 Å². The lowest BCUT2D eigenvalue weighted by Gasteiger charge is -2.16. The number of nitrogen functional groups attached to an aromatic ring is 1. The van der Waals surface area contributed by atoms with Crippen LogP contribution in [0, 0.1) is 5.82 Å². The first kappa shape index (κ1) is 17.4. The minimum absolute atomic E-state index is 0.232. The second-order valence-corrected chi connectivity index (χ2v) is 7.96. The molecule has 138 valence electrons. The summed E-state index contributed by atoms with van der Waals surface area (Å²) in [6, 6.07) is 9.92. The first-order valence-corrected chi connectivity index (χ1v) is 9.02. The van der Waals surface area contributed by atoms with Gasteiger partial charge in [0.2, 0.25) is 5.16 Å². The monoisotopic (exact) mass is 384 g/mol. The molecule has 0 saturated heterocycles. The van der Waals surface area contributed by atoms with Gasteiger partial charge >= 0.3 is 0 Å². The molecule has 10 heteroatoms. The standard InChI is InChI=1S/C17H17FN8S/c1-17(2,3)15-22-23-16(25(15)19)27-13-9-8-12-20-21-14(26(12)24-13)10-6-4-5-7-11(10)18/h4-9H,19H2,1-3H3. The van der Waals surface area contributed by atoms with Crippen LogP contribution in [0.5, 0.6) is 0 Å². The number of halogens is 1. The SMILES string of the molecule is CC(C)(C)c1nnc(Sc2ccc3nnc(-c4ccccc4F)n3n2)n1N. The van der Waals surface area contributed by atoms with Crippen LogP contribution in [-0.2, 0) is 5.41 Å². The molecular formula is C17H17FN8S. The number of benzene rings is 1. The van der Waals surface area contributed by atoms with Gasteiger partial charge in [0.25, 0.3) is 0 Å². The van der Waals surface area contributed by atoms with Crippen molar-refractivity contribution in [2.24, 2.45) is 0 Å². The van der Waals surface area contributed by atoms with Gasteiger partial charge in [-0.05, 0) is 36.0 Å². The predicted octanol–water partition coefficient (Wildman–Crippen LogP) is 2.68. The summed E-state index contributed by atoms with van der Waals surface area (Å²) in [5, 5.41) is 22.1. The molecule has 0 fully saturated rings. The average molecular weight is 384 g/mol. The van der Waals surface area contributed by atoms with Gasteiger partial charge in [-0.25, -0.2) is 9.07 Å². The maximum Gasteiger partial charge on any atom is 0.216 e.